The van der Waals surface area contributed by atoms with E-state index in [0.29, 0.717) is 11.6 Å². The third kappa shape index (κ3) is 4.12. The topological polar surface area (TPSA) is 75.9 Å². The summed E-state index contributed by atoms with van der Waals surface area (Å²) in [6, 6.07) is 15.6. The highest BCUT2D eigenvalue weighted by Gasteiger charge is 2.29. The summed E-state index contributed by atoms with van der Waals surface area (Å²) in [5.41, 5.74) is 5.43. The Hall–Kier alpha value is -3.45. The van der Waals surface area contributed by atoms with Crippen LogP contribution in [0.25, 0.3) is 16.6 Å². The van der Waals surface area contributed by atoms with Crippen LogP contribution in [0, 0.1) is 26.7 Å². The van der Waals surface area contributed by atoms with Gasteiger partial charge in [-0.2, -0.15) is 10.2 Å². The van der Waals surface area contributed by atoms with Gasteiger partial charge in [-0.05, 0) is 69.5 Å². The van der Waals surface area contributed by atoms with Crippen molar-refractivity contribution in [2.24, 2.45) is 5.92 Å². The minimum atomic E-state index is -0.153. The van der Waals surface area contributed by atoms with E-state index >= 15 is 0 Å². The van der Waals surface area contributed by atoms with Gasteiger partial charge in [0.1, 0.15) is 5.52 Å². The fourth-order valence-electron chi connectivity index (χ4n) is 4.73. The average Bonchev–Trinajstić information content (AvgIpc) is 3.19. The van der Waals surface area contributed by atoms with Crippen molar-refractivity contribution in [3.8, 4) is 5.69 Å². The van der Waals surface area contributed by atoms with Crippen LogP contribution in [0.15, 0.2) is 48.5 Å². The highest BCUT2D eigenvalue weighted by Crippen LogP contribution is 2.32. The van der Waals surface area contributed by atoms with Gasteiger partial charge in [-0.25, -0.2) is 4.68 Å². The number of amides is 1. The van der Waals surface area contributed by atoms with Gasteiger partial charge >= 0.3 is 0 Å². The Balaban J connectivity index is 1.44. The van der Waals surface area contributed by atoms with Crippen LogP contribution in [-0.2, 0) is 4.79 Å². The first-order valence-corrected chi connectivity index (χ1v) is 11.9. The molecule has 3 heterocycles. The van der Waals surface area contributed by atoms with E-state index in [0.717, 1.165) is 64.4 Å². The number of nitrogens with one attached hydrogen (secondary N) is 1. The Morgan fingerprint density at radius 1 is 1.09 bits per heavy atom. The largest absolute Gasteiger partial charge is 0.352 e. The van der Waals surface area contributed by atoms with Crippen molar-refractivity contribution in [1.29, 1.82) is 0 Å². The Kier molecular flexibility index (Phi) is 5.96. The van der Waals surface area contributed by atoms with Gasteiger partial charge in [-0.3, -0.25) is 4.79 Å². The summed E-state index contributed by atoms with van der Waals surface area (Å²) in [6.07, 6.45) is 1.72. The predicted molar refractivity (Wildman–Crippen MR) is 136 cm³/mol. The predicted octanol–water partition coefficient (Wildman–Crippen LogP) is 5.25. The summed E-state index contributed by atoms with van der Waals surface area (Å²) in [4.78, 5) is 15.3. The van der Waals surface area contributed by atoms with Crippen molar-refractivity contribution in [1.82, 2.24) is 20.0 Å². The Morgan fingerprint density at radius 2 is 1.88 bits per heavy atom. The number of aryl methyl sites for hydroxylation is 3. The minimum Gasteiger partial charge on any atom is -0.352 e. The van der Waals surface area contributed by atoms with E-state index in [2.05, 4.69) is 27.3 Å². The molecule has 7 nitrogen and oxygen atoms in total. The van der Waals surface area contributed by atoms with Gasteiger partial charge < -0.3 is 10.2 Å². The molecular weight excluding hydrogens is 448 g/mol. The number of para-hydroxylation sites is 1. The van der Waals surface area contributed by atoms with Gasteiger partial charge in [0.2, 0.25) is 5.91 Å². The molecule has 1 atom stereocenters. The van der Waals surface area contributed by atoms with Gasteiger partial charge in [0.15, 0.2) is 5.82 Å². The lowest BCUT2D eigenvalue weighted by Crippen LogP contribution is -2.41. The summed E-state index contributed by atoms with van der Waals surface area (Å²) in [6.45, 7) is 7.35. The van der Waals surface area contributed by atoms with Crippen molar-refractivity contribution in [2.45, 2.75) is 33.6 Å². The first-order valence-electron chi connectivity index (χ1n) is 11.5. The van der Waals surface area contributed by atoms with Crippen LogP contribution in [0.3, 0.4) is 0 Å². The lowest BCUT2D eigenvalue weighted by molar-refractivity contribution is -0.120. The molecule has 1 aliphatic rings. The molecule has 1 fully saturated rings. The number of rotatable bonds is 4. The second kappa shape index (κ2) is 9.06. The van der Waals surface area contributed by atoms with Crippen LogP contribution in [0.5, 0.6) is 0 Å². The smallest absolute Gasteiger partial charge is 0.229 e. The first-order chi connectivity index (χ1) is 16.4. The zero-order valence-corrected chi connectivity index (χ0v) is 20.3. The number of halogens is 1. The molecule has 1 N–H and O–H groups in total. The van der Waals surface area contributed by atoms with Crippen LogP contribution in [-0.4, -0.2) is 39.0 Å². The molecule has 5 rings (SSSR count). The molecule has 2 aromatic heterocycles. The highest BCUT2D eigenvalue weighted by atomic mass is 35.5. The zero-order valence-electron chi connectivity index (χ0n) is 19.5. The lowest BCUT2D eigenvalue weighted by atomic mass is 9.96. The van der Waals surface area contributed by atoms with Crippen molar-refractivity contribution >= 4 is 39.9 Å². The molecule has 0 aliphatic carbocycles. The van der Waals surface area contributed by atoms with E-state index in [9.17, 15) is 4.79 Å². The van der Waals surface area contributed by atoms with Crippen molar-refractivity contribution < 1.29 is 4.79 Å². The minimum absolute atomic E-state index is 0.0115. The molecule has 4 aromatic rings. The van der Waals surface area contributed by atoms with Crippen molar-refractivity contribution in [2.75, 3.05) is 23.3 Å². The average molecular weight is 475 g/mol. The number of aromatic nitrogens is 4. The highest BCUT2D eigenvalue weighted by molar-refractivity contribution is 6.30. The summed E-state index contributed by atoms with van der Waals surface area (Å²) in [5.74, 6) is 0.593. The molecule has 0 radical (unpaired) electrons. The first kappa shape index (κ1) is 22.3. The second-order valence-corrected chi connectivity index (χ2v) is 9.34. The number of carbonyl (C=O) groups is 1. The Bertz CT molecular complexity index is 1370. The Labute approximate surface area is 203 Å². The number of hydrogen-bond donors (Lipinski definition) is 1. The molecule has 1 saturated heterocycles. The number of carbonyl (C=O) groups excluding carboxylic acids is 1. The van der Waals surface area contributed by atoms with E-state index in [1.807, 2.05) is 61.0 Å². The summed E-state index contributed by atoms with van der Waals surface area (Å²) >= 11 is 6.06. The molecule has 2 aromatic carbocycles. The molecular formula is C26H27ClN6O. The van der Waals surface area contributed by atoms with Gasteiger partial charge in [0.25, 0.3) is 0 Å². The van der Waals surface area contributed by atoms with Gasteiger partial charge in [-0.15, -0.1) is 5.10 Å². The van der Waals surface area contributed by atoms with Gasteiger partial charge in [-0.1, -0.05) is 29.8 Å². The van der Waals surface area contributed by atoms with Crippen LogP contribution in [0.4, 0.5) is 11.5 Å². The molecule has 0 saturated carbocycles. The third-order valence-corrected chi connectivity index (χ3v) is 6.76. The summed E-state index contributed by atoms with van der Waals surface area (Å²) < 4.78 is 1.95. The standard InChI is InChI=1S/C26H27ClN6O/c1-16-14-20(27)11-12-22(16)28-26(34)19-8-7-13-32(15-19)25-24-23(17(2)29-30-25)18(3)33(31-24)21-9-5-4-6-10-21/h4-6,9-12,14,19H,7-8,13,15H2,1-3H3,(H,28,34)/t19-/m1/s1. The molecule has 0 unspecified atom stereocenters. The monoisotopic (exact) mass is 474 g/mol. The molecule has 1 aliphatic heterocycles. The lowest BCUT2D eigenvalue weighted by Gasteiger charge is -2.32. The number of piperidine rings is 1. The summed E-state index contributed by atoms with van der Waals surface area (Å²) in [7, 11) is 0. The molecule has 174 valence electrons. The number of anilines is 2. The maximum absolute atomic E-state index is 13.1. The van der Waals surface area contributed by atoms with E-state index < -0.39 is 0 Å². The van der Waals surface area contributed by atoms with Crippen molar-refractivity contribution in [3.05, 3.63) is 70.5 Å². The van der Waals surface area contributed by atoms with Crippen LogP contribution < -0.4 is 10.2 Å². The number of nitrogens with zero attached hydrogens (tertiary/aromatic N) is 5. The van der Waals surface area contributed by atoms with Gasteiger partial charge in [0, 0.05) is 23.8 Å². The maximum Gasteiger partial charge on any atom is 0.229 e. The van der Waals surface area contributed by atoms with Crippen LogP contribution in [0.1, 0.15) is 29.8 Å². The molecule has 0 spiro atoms. The molecule has 1 amide bonds. The summed E-state index contributed by atoms with van der Waals surface area (Å²) in [5, 5.41) is 18.7. The number of benzene rings is 2. The SMILES string of the molecule is Cc1cc(Cl)ccc1NC(=O)[C@@H]1CCCN(c2nnc(C)c3c(C)n(-c4ccccc4)nc23)C1. The number of fused-ring (bicyclic) bond motifs is 1. The quantitative estimate of drug-likeness (QED) is 0.437. The van der Waals surface area contributed by atoms with E-state index in [4.69, 9.17) is 16.7 Å². The molecule has 0 bridgehead atoms. The maximum atomic E-state index is 13.1. The van der Waals surface area contributed by atoms with Crippen molar-refractivity contribution in [3.63, 3.8) is 0 Å². The van der Waals surface area contributed by atoms with Crippen LogP contribution in [0.2, 0.25) is 5.02 Å². The van der Waals surface area contributed by atoms with E-state index in [1.54, 1.807) is 6.07 Å². The second-order valence-electron chi connectivity index (χ2n) is 8.90. The van der Waals surface area contributed by atoms with Gasteiger partial charge in [0.05, 0.1) is 28.4 Å². The number of hydrogen-bond acceptors (Lipinski definition) is 5. The molecule has 34 heavy (non-hydrogen) atoms. The normalized spacial score (nSPS) is 16.1. The zero-order chi connectivity index (χ0) is 23.8. The van der Waals surface area contributed by atoms with E-state index in [-0.39, 0.29) is 11.8 Å². The molecule has 8 heteroatoms. The fourth-order valence-corrected chi connectivity index (χ4v) is 4.96. The van der Waals surface area contributed by atoms with E-state index in [1.165, 1.54) is 0 Å². The third-order valence-electron chi connectivity index (χ3n) is 6.52. The van der Waals surface area contributed by atoms with Crippen LogP contribution >= 0.6 is 11.6 Å². The fraction of sp³-hybridized carbons (Fsp3) is 0.308. The Morgan fingerprint density at radius 3 is 2.65 bits per heavy atom.